The molecule has 3 amide bonds. The molecule has 0 aliphatic heterocycles. The highest BCUT2D eigenvalue weighted by atomic mass is 16.5. The standard InChI is InChI=1S/C34H35N3O5/c1-23(2)25-11-15-28(16-12-25)37(32(39)20-19-31(38)36-27-13-17-29(41-4)18-14-27)33(26-9-7-24(3)8-10-26)34(40)35-22-30-6-5-21-42-30/h5-21,23,33H,22H2,1-4H3,(H,35,40)(H,36,38)/b20-19-. The molecule has 0 bridgehead atoms. The lowest BCUT2D eigenvalue weighted by Gasteiger charge is -2.31. The van der Waals surface area contributed by atoms with Crippen LogP contribution >= 0.6 is 0 Å². The van der Waals surface area contributed by atoms with Crippen LogP contribution in [0.2, 0.25) is 0 Å². The third-order valence-corrected chi connectivity index (χ3v) is 6.73. The molecule has 4 rings (SSSR count). The highest BCUT2D eigenvalue weighted by Gasteiger charge is 2.32. The van der Waals surface area contributed by atoms with E-state index in [1.54, 1.807) is 43.5 Å². The molecule has 0 saturated carbocycles. The van der Waals surface area contributed by atoms with Crippen molar-refractivity contribution in [3.05, 3.63) is 126 Å². The lowest BCUT2D eigenvalue weighted by Crippen LogP contribution is -2.43. The van der Waals surface area contributed by atoms with E-state index >= 15 is 0 Å². The van der Waals surface area contributed by atoms with Crippen LogP contribution in [0, 0.1) is 6.92 Å². The Hall–Kier alpha value is -5.11. The van der Waals surface area contributed by atoms with Crippen molar-refractivity contribution in [1.82, 2.24) is 5.32 Å². The summed E-state index contributed by atoms with van der Waals surface area (Å²) in [6.07, 6.45) is 3.87. The van der Waals surface area contributed by atoms with Gasteiger partial charge < -0.3 is 19.8 Å². The van der Waals surface area contributed by atoms with Crippen LogP contribution in [0.4, 0.5) is 11.4 Å². The quantitative estimate of drug-likeness (QED) is 0.208. The summed E-state index contributed by atoms with van der Waals surface area (Å²) in [6, 6.07) is 24.3. The number of aryl methyl sites for hydroxylation is 1. The SMILES string of the molecule is COc1ccc(NC(=O)/C=C\C(=O)N(c2ccc(C(C)C)cc2)C(C(=O)NCc2ccco2)c2ccc(C)cc2)cc1. The number of ether oxygens (including phenoxy) is 1. The van der Waals surface area contributed by atoms with Crippen LogP contribution < -0.4 is 20.3 Å². The Labute approximate surface area is 246 Å². The van der Waals surface area contributed by atoms with Gasteiger partial charge in [-0.3, -0.25) is 19.3 Å². The number of hydrogen-bond acceptors (Lipinski definition) is 5. The summed E-state index contributed by atoms with van der Waals surface area (Å²) in [5, 5.41) is 5.63. The highest BCUT2D eigenvalue weighted by Crippen LogP contribution is 2.30. The van der Waals surface area contributed by atoms with E-state index in [9.17, 15) is 14.4 Å². The van der Waals surface area contributed by atoms with Gasteiger partial charge in [0.15, 0.2) is 0 Å². The smallest absolute Gasteiger partial charge is 0.252 e. The van der Waals surface area contributed by atoms with E-state index in [4.69, 9.17) is 9.15 Å². The van der Waals surface area contributed by atoms with Crippen LogP contribution in [0.25, 0.3) is 0 Å². The molecule has 42 heavy (non-hydrogen) atoms. The van der Waals surface area contributed by atoms with Gasteiger partial charge >= 0.3 is 0 Å². The molecule has 216 valence electrons. The van der Waals surface area contributed by atoms with Crippen molar-refractivity contribution in [2.24, 2.45) is 0 Å². The molecule has 1 heterocycles. The van der Waals surface area contributed by atoms with Gasteiger partial charge in [-0.1, -0.05) is 55.8 Å². The summed E-state index contributed by atoms with van der Waals surface area (Å²) in [6.45, 7) is 6.27. The maximum Gasteiger partial charge on any atom is 0.252 e. The van der Waals surface area contributed by atoms with Crippen molar-refractivity contribution in [3.63, 3.8) is 0 Å². The normalized spacial score (nSPS) is 11.7. The first-order chi connectivity index (χ1) is 20.2. The van der Waals surface area contributed by atoms with E-state index in [0.29, 0.717) is 28.4 Å². The molecule has 2 N–H and O–H groups in total. The lowest BCUT2D eigenvalue weighted by molar-refractivity contribution is -0.125. The van der Waals surface area contributed by atoms with Gasteiger partial charge in [0.2, 0.25) is 11.8 Å². The molecular formula is C34H35N3O5. The number of methoxy groups -OCH3 is 1. The van der Waals surface area contributed by atoms with Crippen molar-refractivity contribution in [3.8, 4) is 5.75 Å². The second-order valence-electron chi connectivity index (χ2n) is 10.1. The Balaban J connectivity index is 1.67. The Morgan fingerprint density at radius 2 is 1.55 bits per heavy atom. The number of benzene rings is 3. The Morgan fingerprint density at radius 1 is 0.881 bits per heavy atom. The van der Waals surface area contributed by atoms with Gasteiger partial charge in [0.1, 0.15) is 17.6 Å². The Morgan fingerprint density at radius 3 is 2.14 bits per heavy atom. The van der Waals surface area contributed by atoms with Gasteiger partial charge in [-0.25, -0.2) is 0 Å². The summed E-state index contributed by atoms with van der Waals surface area (Å²) in [4.78, 5) is 41.8. The summed E-state index contributed by atoms with van der Waals surface area (Å²) in [7, 11) is 1.56. The number of nitrogens with zero attached hydrogens (tertiary/aromatic N) is 1. The van der Waals surface area contributed by atoms with Crippen LogP contribution in [0.5, 0.6) is 5.75 Å². The number of rotatable bonds is 11. The average Bonchev–Trinajstić information content (AvgIpc) is 3.52. The van der Waals surface area contributed by atoms with Crippen LogP contribution in [-0.4, -0.2) is 24.8 Å². The second-order valence-corrected chi connectivity index (χ2v) is 10.1. The average molecular weight is 566 g/mol. The fourth-order valence-electron chi connectivity index (χ4n) is 4.36. The monoisotopic (exact) mass is 565 g/mol. The molecule has 3 aromatic carbocycles. The third kappa shape index (κ3) is 7.75. The van der Waals surface area contributed by atoms with Crippen molar-refractivity contribution in [1.29, 1.82) is 0 Å². The molecule has 4 aromatic rings. The molecule has 0 spiro atoms. The molecule has 1 atom stereocenters. The van der Waals surface area contributed by atoms with E-state index < -0.39 is 23.8 Å². The molecule has 0 fully saturated rings. The van der Waals surface area contributed by atoms with Crippen molar-refractivity contribution in [2.75, 3.05) is 17.3 Å². The number of carbonyl (C=O) groups excluding carboxylic acids is 3. The van der Waals surface area contributed by atoms with Gasteiger partial charge in [-0.15, -0.1) is 0 Å². The lowest BCUT2D eigenvalue weighted by atomic mass is 9.99. The van der Waals surface area contributed by atoms with Crippen molar-refractivity contribution < 1.29 is 23.5 Å². The fourth-order valence-corrected chi connectivity index (χ4v) is 4.36. The van der Waals surface area contributed by atoms with Gasteiger partial charge in [0.05, 0.1) is 19.9 Å². The van der Waals surface area contributed by atoms with Crippen LogP contribution in [0.3, 0.4) is 0 Å². The van der Waals surface area contributed by atoms with Crippen LogP contribution in [0.1, 0.15) is 48.3 Å². The first-order valence-corrected chi connectivity index (χ1v) is 13.7. The number of nitrogens with one attached hydrogen (secondary N) is 2. The van der Waals surface area contributed by atoms with Crippen molar-refractivity contribution >= 4 is 29.1 Å². The van der Waals surface area contributed by atoms with Gasteiger partial charge in [-0.2, -0.15) is 0 Å². The number of anilines is 2. The molecule has 8 heteroatoms. The Kier molecular flexibility index (Phi) is 9.94. The molecule has 1 aromatic heterocycles. The maximum absolute atomic E-state index is 13.9. The summed E-state index contributed by atoms with van der Waals surface area (Å²) in [5.74, 6) is 0.112. The minimum absolute atomic E-state index is 0.155. The molecule has 0 radical (unpaired) electrons. The van der Waals surface area contributed by atoms with E-state index in [1.807, 2.05) is 55.5 Å². The zero-order valence-corrected chi connectivity index (χ0v) is 24.2. The van der Waals surface area contributed by atoms with Gasteiger partial charge in [0, 0.05) is 23.5 Å². The van der Waals surface area contributed by atoms with Crippen LogP contribution in [0.15, 0.2) is 108 Å². The minimum Gasteiger partial charge on any atom is -0.497 e. The van der Waals surface area contributed by atoms with E-state index in [-0.39, 0.29) is 12.5 Å². The predicted octanol–water partition coefficient (Wildman–Crippen LogP) is 6.31. The first kappa shape index (κ1) is 29.9. The molecule has 8 nitrogen and oxygen atoms in total. The topological polar surface area (TPSA) is 101 Å². The van der Waals surface area contributed by atoms with Crippen molar-refractivity contribution in [2.45, 2.75) is 39.3 Å². The summed E-state index contributed by atoms with van der Waals surface area (Å²) >= 11 is 0. The number of carbonyl (C=O) groups is 3. The highest BCUT2D eigenvalue weighted by molar-refractivity contribution is 6.10. The van der Waals surface area contributed by atoms with E-state index in [1.165, 1.54) is 17.2 Å². The molecule has 1 unspecified atom stereocenters. The Bertz CT molecular complexity index is 1510. The van der Waals surface area contributed by atoms with Gasteiger partial charge in [0.25, 0.3) is 5.91 Å². The second kappa shape index (κ2) is 14.0. The number of amides is 3. The van der Waals surface area contributed by atoms with Gasteiger partial charge in [-0.05, 0) is 72.5 Å². The third-order valence-electron chi connectivity index (χ3n) is 6.73. The summed E-state index contributed by atoms with van der Waals surface area (Å²) in [5.41, 5.74) is 3.80. The molecule has 0 aliphatic rings. The maximum atomic E-state index is 13.9. The first-order valence-electron chi connectivity index (χ1n) is 13.7. The number of furan rings is 1. The predicted molar refractivity (Wildman–Crippen MR) is 163 cm³/mol. The molecular weight excluding hydrogens is 530 g/mol. The fraction of sp³-hybridized carbons (Fsp3) is 0.206. The minimum atomic E-state index is -1.02. The van der Waals surface area contributed by atoms with Crippen LogP contribution in [-0.2, 0) is 20.9 Å². The van der Waals surface area contributed by atoms with E-state index in [2.05, 4.69) is 24.5 Å². The largest absolute Gasteiger partial charge is 0.497 e. The van der Waals surface area contributed by atoms with E-state index in [0.717, 1.165) is 17.2 Å². The zero-order chi connectivity index (χ0) is 30.1. The molecule has 0 aliphatic carbocycles. The molecule has 0 saturated heterocycles. The summed E-state index contributed by atoms with van der Waals surface area (Å²) < 4.78 is 10.5. The number of hydrogen-bond donors (Lipinski definition) is 2. The zero-order valence-electron chi connectivity index (χ0n) is 24.2.